The van der Waals surface area contributed by atoms with Crippen LogP contribution in [-0.2, 0) is 22.6 Å². The minimum absolute atomic E-state index is 0.134. The van der Waals surface area contributed by atoms with Crippen molar-refractivity contribution >= 4 is 17.4 Å². The molecule has 0 saturated heterocycles. The van der Waals surface area contributed by atoms with Gasteiger partial charge >= 0.3 is 0 Å². The topological polar surface area (TPSA) is 73.9 Å². The van der Waals surface area contributed by atoms with Crippen LogP contribution in [0.1, 0.15) is 40.9 Å². The van der Waals surface area contributed by atoms with Crippen molar-refractivity contribution in [2.75, 3.05) is 26.1 Å². The van der Waals surface area contributed by atoms with E-state index in [0.29, 0.717) is 29.2 Å². The quantitative estimate of drug-likeness (QED) is 0.278. The number of carbonyl (C=O) groups is 2. The number of ketones is 1. The second-order valence-corrected chi connectivity index (χ2v) is 7.28. The van der Waals surface area contributed by atoms with E-state index in [1.165, 1.54) is 7.11 Å². The lowest BCUT2D eigenvalue weighted by Crippen LogP contribution is -2.20. The lowest BCUT2D eigenvalue weighted by molar-refractivity contribution is -0.119. The Morgan fingerprint density at radius 3 is 2.23 bits per heavy atom. The van der Waals surface area contributed by atoms with Crippen LogP contribution >= 0.6 is 0 Å². The van der Waals surface area contributed by atoms with Crippen molar-refractivity contribution in [3.05, 3.63) is 102 Å². The number of ether oxygens (including phenoxy) is 3. The maximum atomic E-state index is 13.7. The van der Waals surface area contributed by atoms with Gasteiger partial charge in [0.1, 0.15) is 24.7 Å². The fourth-order valence-corrected chi connectivity index (χ4v) is 3.37. The number of carbonyl (C=O) groups excluding carboxylic acids is 2. The first-order valence-electron chi connectivity index (χ1n) is 11.5. The molecule has 0 saturated carbocycles. The van der Waals surface area contributed by atoms with Crippen LogP contribution in [0.4, 0.5) is 5.69 Å². The van der Waals surface area contributed by atoms with Gasteiger partial charge in [-0.15, -0.1) is 6.58 Å². The van der Waals surface area contributed by atoms with Crippen molar-refractivity contribution in [3.8, 4) is 11.5 Å². The molecule has 3 aromatic rings. The molecule has 0 aliphatic heterocycles. The van der Waals surface area contributed by atoms with Gasteiger partial charge in [-0.25, -0.2) is 0 Å². The number of benzene rings is 3. The molecule has 0 aliphatic carbocycles. The Labute approximate surface area is 207 Å². The number of anilines is 1. The van der Waals surface area contributed by atoms with Gasteiger partial charge in [-0.3, -0.25) is 9.59 Å². The van der Waals surface area contributed by atoms with Crippen LogP contribution in [0.25, 0.3) is 0 Å². The molecular weight excluding hydrogens is 442 g/mol. The molecule has 0 radical (unpaired) electrons. The number of rotatable bonds is 11. The highest BCUT2D eigenvalue weighted by Crippen LogP contribution is 2.34. The van der Waals surface area contributed by atoms with Crippen LogP contribution in [0.5, 0.6) is 11.5 Å². The average molecular weight is 476 g/mol. The third-order valence-corrected chi connectivity index (χ3v) is 4.96. The van der Waals surface area contributed by atoms with Crippen LogP contribution < -0.4 is 14.8 Å². The SMILES string of the molecule is C=CCc1ccc(NC(=O)COC)c(C(=O)c2ccc(OC)cc2)c1OCc1ccccc1.CC. The summed E-state index contributed by atoms with van der Waals surface area (Å²) >= 11 is 0. The first-order valence-corrected chi connectivity index (χ1v) is 11.5. The Kier molecular flexibility index (Phi) is 11.2. The van der Waals surface area contributed by atoms with Crippen LogP contribution in [-0.4, -0.2) is 32.5 Å². The summed E-state index contributed by atoms with van der Waals surface area (Å²) in [6, 6.07) is 20.0. The Balaban J connectivity index is 0.00000210. The largest absolute Gasteiger partial charge is 0.497 e. The predicted molar refractivity (Wildman–Crippen MR) is 139 cm³/mol. The first kappa shape index (κ1) is 27.3. The van der Waals surface area contributed by atoms with Crippen LogP contribution in [0.2, 0.25) is 0 Å². The van der Waals surface area contributed by atoms with Gasteiger partial charge in [0.25, 0.3) is 0 Å². The second kappa shape index (κ2) is 14.4. The van der Waals surface area contributed by atoms with E-state index in [9.17, 15) is 9.59 Å². The zero-order chi connectivity index (χ0) is 25.6. The number of hydrogen-bond acceptors (Lipinski definition) is 5. The van der Waals surface area contributed by atoms with E-state index in [-0.39, 0.29) is 30.5 Å². The zero-order valence-corrected chi connectivity index (χ0v) is 20.8. The summed E-state index contributed by atoms with van der Waals surface area (Å²) in [4.78, 5) is 26.0. The van der Waals surface area contributed by atoms with E-state index < -0.39 is 0 Å². The van der Waals surface area contributed by atoms with Crippen molar-refractivity contribution in [2.24, 2.45) is 0 Å². The van der Waals surface area contributed by atoms with Crippen molar-refractivity contribution in [2.45, 2.75) is 26.9 Å². The van der Waals surface area contributed by atoms with E-state index in [1.807, 2.05) is 50.2 Å². The van der Waals surface area contributed by atoms with E-state index in [1.54, 1.807) is 43.5 Å². The zero-order valence-electron chi connectivity index (χ0n) is 20.8. The highest BCUT2D eigenvalue weighted by Gasteiger charge is 2.23. The Hall–Kier alpha value is -3.90. The lowest BCUT2D eigenvalue weighted by atomic mass is 9.96. The molecule has 3 aromatic carbocycles. The average Bonchev–Trinajstić information content (AvgIpc) is 2.90. The Morgan fingerprint density at radius 1 is 0.943 bits per heavy atom. The third kappa shape index (κ3) is 7.55. The highest BCUT2D eigenvalue weighted by atomic mass is 16.5. The molecule has 35 heavy (non-hydrogen) atoms. The maximum absolute atomic E-state index is 13.7. The van der Waals surface area contributed by atoms with Crippen molar-refractivity contribution < 1.29 is 23.8 Å². The van der Waals surface area contributed by atoms with Crippen molar-refractivity contribution in [1.82, 2.24) is 0 Å². The molecule has 6 heteroatoms. The molecule has 3 rings (SSSR count). The molecule has 0 aromatic heterocycles. The van der Waals surface area contributed by atoms with Crippen LogP contribution in [0, 0.1) is 0 Å². The number of amides is 1. The summed E-state index contributed by atoms with van der Waals surface area (Å²) in [5, 5.41) is 2.78. The predicted octanol–water partition coefficient (Wildman–Crippen LogP) is 5.84. The minimum Gasteiger partial charge on any atom is -0.497 e. The molecule has 0 fully saturated rings. The molecule has 0 spiro atoms. The normalized spacial score (nSPS) is 9.94. The lowest BCUT2D eigenvalue weighted by Gasteiger charge is -2.19. The maximum Gasteiger partial charge on any atom is 0.250 e. The van der Waals surface area contributed by atoms with E-state index in [4.69, 9.17) is 14.2 Å². The summed E-state index contributed by atoms with van der Waals surface area (Å²) in [7, 11) is 3.00. The summed E-state index contributed by atoms with van der Waals surface area (Å²) in [6.07, 6.45) is 2.24. The molecule has 0 bridgehead atoms. The molecule has 6 nitrogen and oxygen atoms in total. The smallest absolute Gasteiger partial charge is 0.250 e. The summed E-state index contributed by atoms with van der Waals surface area (Å²) in [6.45, 7) is 7.95. The van der Waals surface area contributed by atoms with Gasteiger partial charge in [0, 0.05) is 12.7 Å². The number of hydrogen-bond donors (Lipinski definition) is 1. The van der Waals surface area contributed by atoms with Gasteiger partial charge in [-0.05, 0) is 47.9 Å². The standard InChI is InChI=1S/C27H27NO5.C2H6/c1-4-8-21-13-16-23(28-24(29)18-31-2)25(26(30)20-11-14-22(32-3)15-12-20)27(21)33-17-19-9-6-5-7-10-19;1-2/h4-7,9-16H,1,8,17-18H2,2-3H3,(H,28,29);1-2H3. The molecule has 184 valence electrons. The van der Waals surface area contributed by atoms with Gasteiger partial charge < -0.3 is 19.5 Å². The molecular formula is C29H33NO5. The highest BCUT2D eigenvalue weighted by molar-refractivity contribution is 6.16. The van der Waals surface area contributed by atoms with E-state index >= 15 is 0 Å². The van der Waals surface area contributed by atoms with Gasteiger partial charge in [0.05, 0.1) is 18.4 Å². The fraction of sp³-hybridized carbons (Fsp3) is 0.241. The van der Waals surface area contributed by atoms with Crippen molar-refractivity contribution in [1.29, 1.82) is 0 Å². The Bertz CT molecular complexity index is 1110. The van der Waals surface area contributed by atoms with Crippen LogP contribution in [0.15, 0.2) is 79.4 Å². The summed E-state index contributed by atoms with van der Waals surface area (Å²) in [5.74, 6) is 0.405. The molecule has 0 aliphatic rings. The number of methoxy groups -OCH3 is 2. The molecule has 0 unspecified atom stereocenters. The third-order valence-electron chi connectivity index (χ3n) is 4.96. The van der Waals surface area contributed by atoms with Crippen molar-refractivity contribution in [3.63, 3.8) is 0 Å². The first-order chi connectivity index (χ1) is 17.1. The van der Waals surface area contributed by atoms with Gasteiger partial charge in [-0.1, -0.05) is 56.3 Å². The van der Waals surface area contributed by atoms with Gasteiger partial charge in [0.15, 0.2) is 5.78 Å². The van der Waals surface area contributed by atoms with E-state index in [0.717, 1.165) is 11.1 Å². The fourth-order valence-electron chi connectivity index (χ4n) is 3.37. The Morgan fingerprint density at radius 2 is 1.63 bits per heavy atom. The molecule has 0 heterocycles. The van der Waals surface area contributed by atoms with E-state index in [2.05, 4.69) is 11.9 Å². The molecule has 1 amide bonds. The number of nitrogens with one attached hydrogen (secondary N) is 1. The monoisotopic (exact) mass is 475 g/mol. The summed E-state index contributed by atoms with van der Waals surface area (Å²) < 4.78 is 16.3. The minimum atomic E-state index is -0.369. The second-order valence-electron chi connectivity index (χ2n) is 7.28. The number of allylic oxidation sites excluding steroid dienone is 1. The van der Waals surface area contributed by atoms with Gasteiger partial charge in [0.2, 0.25) is 5.91 Å². The van der Waals surface area contributed by atoms with Gasteiger partial charge in [-0.2, -0.15) is 0 Å². The summed E-state index contributed by atoms with van der Waals surface area (Å²) in [5.41, 5.74) is 2.83. The molecule has 0 atom stereocenters. The molecule has 1 N–H and O–H groups in total. The van der Waals surface area contributed by atoms with Crippen LogP contribution in [0.3, 0.4) is 0 Å².